The fourth-order valence-electron chi connectivity index (χ4n) is 2.59. The van der Waals surface area contributed by atoms with E-state index in [0.717, 1.165) is 25.9 Å². The zero-order valence-corrected chi connectivity index (χ0v) is 11.0. The SMILES string of the molecule is NC(=O)CC1(CN=C(N)N2CCCCCC2)CC1. The van der Waals surface area contributed by atoms with Crippen LogP contribution in [0, 0.1) is 5.41 Å². The molecule has 102 valence electrons. The van der Waals surface area contributed by atoms with Gasteiger partial charge in [0.25, 0.3) is 0 Å². The molecule has 0 radical (unpaired) electrons. The molecule has 1 heterocycles. The maximum absolute atomic E-state index is 11.0. The van der Waals surface area contributed by atoms with Crippen molar-refractivity contribution >= 4 is 11.9 Å². The molecule has 2 aliphatic rings. The minimum Gasteiger partial charge on any atom is -0.370 e. The van der Waals surface area contributed by atoms with Crippen LogP contribution in [0.2, 0.25) is 0 Å². The number of hydrogen-bond acceptors (Lipinski definition) is 2. The standard InChI is InChI=1S/C13H24N4O/c14-11(18)9-13(5-6-13)10-16-12(15)17-7-3-1-2-4-8-17/h1-10H2,(H2,14,18)(H2,15,16). The summed E-state index contributed by atoms with van der Waals surface area (Å²) in [6.45, 7) is 2.68. The van der Waals surface area contributed by atoms with Gasteiger partial charge in [0.15, 0.2) is 5.96 Å². The highest BCUT2D eigenvalue weighted by Gasteiger charge is 2.43. The van der Waals surface area contributed by atoms with Crippen molar-refractivity contribution < 1.29 is 4.79 Å². The maximum atomic E-state index is 11.0. The van der Waals surface area contributed by atoms with Crippen molar-refractivity contribution in [3.8, 4) is 0 Å². The minimum absolute atomic E-state index is 0.0301. The largest absolute Gasteiger partial charge is 0.370 e. The summed E-state index contributed by atoms with van der Waals surface area (Å²) in [6, 6.07) is 0. The van der Waals surface area contributed by atoms with Gasteiger partial charge in [-0.2, -0.15) is 0 Å². The fourth-order valence-corrected chi connectivity index (χ4v) is 2.59. The highest BCUT2D eigenvalue weighted by atomic mass is 16.1. The topological polar surface area (TPSA) is 84.7 Å². The van der Waals surface area contributed by atoms with Crippen LogP contribution in [0.3, 0.4) is 0 Å². The van der Waals surface area contributed by atoms with E-state index in [2.05, 4.69) is 9.89 Å². The summed E-state index contributed by atoms with van der Waals surface area (Å²) in [5.41, 5.74) is 11.3. The second kappa shape index (κ2) is 5.59. The molecule has 0 unspecified atom stereocenters. The first-order chi connectivity index (χ1) is 8.61. The first kappa shape index (κ1) is 13.2. The second-order valence-electron chi connectivity index (χ2n) is 5.72. The predicted molar refractivity (Wildman–Crippen MR) is 72.0 cm³/mol. The van der Waals surface area contributed by atoms with Crippen LogP contribution in [0.25, 0.3) is 0 Å². The van der Waals surface area contributed by atoms with E-state index in [-0.39, 0.29) is 11.3 Å². The molecule has 4 N–H and O–H groups in total. The van der Waals surface area contributed by atoms with Gasteiger partial charge < -0.3 is 16.4 Å². The number of amides is 1. The third kappa shape index (κ3) is 3.62. The Kier molecular flexibility index (Phi) is 4.09. The molecule has 0 spiro atoms. The van der Waals surface area contributed by atoms with Gasteiger partial charge in [0.1, 0.15) is 0 Å². The number of guanidine groups is 1. The lowest BCUT2D eigenvalue weighted by molar-refractivity contribution is -0.119. The van der Waals surface area contributed by atoms with Crippen molar-refractivity contribution in [2.75, 3.05) is 19.6 Å². The zero-order valence-electron chi connectivity index (χ0n) is 11.0. The van der Waals surface area contributed by atoms with Crippen molar-refractivity contribution in [1.82, 2.24) is 4.90 Å². The average Bonchev–Trinajstić information content (AvgIpc) is 3.09. The van der Waals surface area contributed by atoms with Gasteiger partial charge in [0, 0.05) is 26.1 Å². The van der Waals surface area contributed by atoms with Gasteiger partial charge in [-0.25, -0.2) is 0 Å². The van der Waals surface area contributed by atoms with E-state index in [9.17, 15) is 4.79 Å². The molecule has 5 nitrogen and oxygen atoms in total. The molecular weight excluding hydrogens is 228 g/mol. The normalized spacial score (nSPS) is 23.6. The van der Waals surface area contributed by atoms with Gasteiger partial charge in [-0.05, 0) is 31.1 Å². The molecule has 5 heteroatoms. The van der Waals surface area contributed by atoms with Crippen molar-refractivity contribution in [3.63, 3.8) is 0 Å². The Morgan fingerprint density at radius 1 is 1.11 bits per heavy atom. The number of aliphatic imine (C=N–C) groups is 1. The fraction of sp³-hybridized carbons (Fsp3) is 0.846. The van der Waals surface area contributed by atoms with Crippen LogP contribution in [-0.4, -0.2) is 36.4 Å². The Labute approximate surface area is 109 Å². The quantitative estimate of drug-likeness (QED) is 0.574. The van der Waals surface area contributed by atoms with E-state index in [1.165, 1.54) is 25.7 Å². The molecule has 0 aromatic rings. The van der Waals surface area contributed by atoms with Gasteiger partial charge in [-0.15, -0.1) is 0 Å². The van der Waals surface area contributed by atoms with E-state index in [4.69, 9.17) is 11.5 Å². The molecule has 2 rings (SSSR count). The number of carbonyl (C=O) groups excluding carboxylic acids is 1. The average molecular weight is 252 g/mol. The third-order valence-electron chi connectivity index (χ3n) is 4.01. The van der Waals surface area contributed by atoms with Crippen molar-refractivity contribution in [3.05, 3.63) is 0 Å². The van der Waals surface area contributed by atoms with Crippen LogP contribution in [0.1, 0.15) is 44.9 Å². The Bertz CT molecular complexity index is 328. The number of nitrogens with two attached hydrogens (primary N) is 2. The first-order valence-electron chi connectivity index (χ1n) is 6.95. The van der Waals surface area contributed by atoms with Crippen LogP contribution >= 0.6 is 0 Å². The monoisotopic (exact) mass is 252 g/mol. The first-order valence-corrected chi connectivity index (χ1v) is 6.95. The third-order valence-corrected chi connectivity index (χ3v) is 4.01. The zero-order chi connectivity index (χ0) is 13.0. The van der Waals surface area contributed by atoms with Gasteiger partial charge in [0.2, 0.25) is 5.91 Å². The molecule has 1 aliphatic carbocycles. The molecule has 0 atom stereocenters. The van der Waals surface area contributed by atoms with E-state index >= 15 is 0 Å². The molecule has 0 bridgehead atoms. The summed E-state index contributed by atoms with van der Waals surface area (Å²) >= 11 is 0. The molecule has 1 amide bonds. The van der Waals surface area contributed by atoms with E-state index in [1.807, 2.05) is 0 Å². The lowest BCUT2D eigenvalue weighted by Gasteiger charge is -2.22. The summed E-state index contributed by atoms with van der Waals surface area (Å²) in [5, 5.41) is 0. The molecule has 1 aliphatic heterocycles. The lowest BCUT2D eigenvalue weighted by atomic mass is 10.0. The predicted octanol–water partition coefficient (Wildman–Crippen LogP) is 0.833. The van der Waals surface area contributed by atoms with Gasteiger partial charge >= 0.3 is 0 Å². The molecule has 0 aromatic heterocycles. The number of nitrogens with zero attached hydrogens (tertiary/aromatic N) is 2. The Hall–Kier alpha value is -1.26. The number of hydrogen-bond donors (Lipinski definition) is 2. The van der Waals surface area contributed by atoms with Crippen LogP contribution in [0.15, 0.2) is 4.99 Å². The number of primary amides is 1. The van der Waals surface area contributed by atoms with Crippen LogP contribution in [-0.2, 0) is 4.79 Å². The smallest absolute Gasteiger partial charge is 0.218 e. The summed E-state index contributed by atoms with van der Waals surface area (Å²) < 4.78 is 0. The van der Waals surface area contributed by atoms with Crippen LogP contribution < -0.4 is 11.5 Å². The Morgan fingerprint density at radius 2 is 1.72 bits per heavy atom. The van der Waals surface area contributed by atoms with Gasteiger partial charge in [0.05, 0.1) is 0 Å². The number of likely N-dealkylation sites (tertiary alicyclic amines) is 1. The van der Waals surface area contributed by atoms with Gasteiger partial charge in [-0.1, -0.05) is 12.8 Å². The van der Waals surface area contributed by atoms with E-state index < -0.39 is 0 Å². The lowest BCUT2D eigenvalue weighted by Crippen LogP contribution is -2.38. The van der Waals surface area contributed by atoms with Crippen molar-refractivity contribution in [2.45, 2.75) is 44.9 Å². The molecular formula is C13H24N4O. The summed E-state index contributed by atoms with van der Waals surface area (Å²) in [5.74, 6) is 0.420. The molecule has 2 fully saturated rings. The highest BCUT2D eigenvalue weighted by molar-refractivity contribution is 5.78. The molecule has 1 saturated heterocycles. The highest BCUT2D eigenvalue weighted by Crippen LogP contribution is 2.48. The van der Waals surface area contributed by atoms with Crippen LogP contribution in [0.5, 0.6) is 0 Å². The maximum Gasteiger partial charge on any atom is 0.218 e. The summed E-state index contributed by atoms with van der Waals surface area (Å²) in [7, 11) is 0. The van der Waals surface area contributed by atoms with Crippen molar-refractivity contribution in [2.24, 2.45) is 21.9 Å². The number of rotatable bonds is 4. The number of carbonyl (C=O) groups is 1. The Balaban J connectivity index is 1.86. The van der Waals surface area contributed by atoms with E-state index in [0.29, 0.717) is 18.9 Å². The summed E-state index contributed by atoms with van der Waals surface area (Å²) in [6.07, 6.45) is 7.51. The van der Waals surface area contributed by atoms with Gasteiger partial charge in [-0.3, -0.25) is 9.79 Å². The Morgan fingerprint density at radius 3 is 2.22 bits per heavy atom. The van der Waals surface area contributed by atoms with Crippen LogP contribution in [0.4, 0.5) is 0 Å². The minimum atomic E-state index is -0.226. The molecule has 0 aromatic carbocycles. The molecule has 1 saturated carbocycles. The summed E-state index contributed by atoms with van der Waals surface area (Å²) in [4.78, 5) is 17.6. The second-order valence-corrected chi connectivity index (χ2v) is 5.72. The van der Waals surface area contributed by atoms with E-state index in [1.54, 1.807) is 0 Å². The molecule has 18 heavy (non-hydrogen) atoms. The van der Waals surface area contributed by atoms with Crippen molar-refractivity contribution in [1.29, 1.82) is 0 Å².